The highest BCUT2D eigenvalue weighted by Crippen LogP contribution is 2.25. The van der Waals surface area contributed by atoms with E-state index in [0.717, 1.165) is 18.5 Å². The number of halogens is 1. The Morgan fingerprint density at radius 3 is 2.57 bits per heavy atom. The molecule has 0 saturated carbocycles. The third-order valence-corrected chi connectivity index (χ3v) is 5.14. The van der Waals surface area contributed by atoms with Crippen LogP contribution >= 0.6 is 0 Å². The van der Waals surface area contributed by atoms with E-state index in [1.807, 2.05) is 0 Å². The second kappa shape index (κ2) is 10.5. The molecule has 0 radical (unpaired) electrons. The van der Waals surface area contributed by atoms with Crippen molar-refractivity contribution in [1.29, 1.82) is 0 Å². The lowest BCUT2D eigenvalue weighted by Crippen LogP contribution is -2.57. The molecule has 2 rings (SSSR count). The van der Waals surface area contributed by atoms with Gasteiger partial charge in [0.05, 0.1) is 0 Å². The van der Waals surface area contributed by atoms with Crippen LogP contribution in [0.3, 0.4) is 0 Å². The summed E-state index contributed by atoms with van der Waals surface area (Å²) in [6.45, 7) is 8.72. The zero-order valence-electron chi connectivity index (χ0n) is 17.2. The molecule has 7 heteroatoms. The lowest BCUT2D eigenvalue weighted by Gasteiger charge is -2.43. The number of hydrogen-bond donors (Lipinski definition) is 2. The van der Waals surface area contributed by atoms with Gasteiger partial charge in [0.1, 0.15) is 11.9 Å². The molecule has 1 aromatic carbocycles. The molecule has 2 amide bonds. The summed E-state index contributed by atoms with van der Waals surface area (Å²) in [5.74, 6) is -0.0155. The molecule has 0 aliphatic carbocycles. The van der Waals surface area contributed by atoms with Crippen molar-refractivity contribution in [2.45, 2.75) is 52.2 Å². The Bertz CT molecular complexity index is 650. The van der Waals surface area contributed by atoms with Crippen LogP contribution in [-0.4, -0.2) is 59.9 Å². The largest absolute Gasteiger partial charge is 0.353 e. The minimum atomic E-state index is -0.481. The lowest BCUT2D eigenvalue weighted by atomic mass is 9.93. The number of rotatable bonds is 8. The van der Waals surface area contributed by atoms with E-state index in [9.17, 15) is 14.0 Å². The van der Waals surface area contributed by atoms with Crippen LogP contribution in [0.1, 0.15) is 39.2 Å². The van der Waals surface area contributed by atoms with E-state index in [1.165, 1.54) is 19.1 Å². The maximum atomic E-state index is 13.2. The van der Waals surface area contributed by atoms with Gasteiger partial charge in [0, 0.05) is 45.7 Å². The van der Waals surface area contributed by atoms with Gasteiger partial charge in [-0.25, -0.2) is 4.39 Å². The van der Waals surface area contributed by atoms with Crippen molar-refractivity contribution in [3.63, 3.8) is 0 Å². The first-order valence-electron chi connectivity index (χ1n) is 10.0. The molecule has 0 bridgehead atoms. The van der Waals surface area contributed by atoms with E-state index in [1.54, 1.807) is 17.0 Å². The van der Waals surface area contributed by atoms with Crippen molar-refractivity contribution in [2.24, 2.45) is 11.7 Å². The lowest BCUT2D eigenvalue weighted by molar-refractivity contribution is -0.142. The van der Waals surface area contributed by atoms with Crippen LogP contribution in [-0.2, 0) is 16.1 Å². The highest BCUT2D eigenvalue weighted by Gasteiger charge is 2.37. The number of nitrogens with one attached hydrogen (secondary N) is 1. The number of nitrogens with zero attached hydrogens (tertiary/aromatic N) is 2. The van der Waals surface area contributed by atoms with Crippen LogP contribution in [0.5, 0.6) is 0 Å². The summed E-state index contributed by atoms with van der Waals surface area (Å²) in [7, 11) is 0. The fraction of sp³-hybridized carbons (Fsp3) is 0.619. The molecule has 1 saturated heterocycles. The molecular formula is C21H33FN4O2. The molecule has 1 unspecified atom stereocenters. The maximum absolute atomic E-state index is 13.2. The molecule has 1 aromatic rings. The normalized spacial score (nSPS) is 19.9. The number of piperidine rings is 1. The second-order valence-electron chi connectivity index (χ2n) is 7.94. The van der Waals surface area contributed by atoms with E-state index in [0.29, 0.717) is 38.5 Å². The van der Waals surface area contributed by atoms with Gasteiger partial charge in [-0.05, 0) is 36.5 Å². The third-order valence-electron chi connectivity index (χ3n) is 5.14. The van der Waals surface area contributed by atoms with Gasteiger partial charge in [0.2, 0.25) is 11.8 Å². The Balaban J connectivity index is 2.16. The van der Waals surface area contributed by atoms with E-state index in [2.05, 4.69) is 24.1 Å². The summed E-state index contributed by atoms with van der Waals surface area (Å²) >= 11 is 0. The van der Waals surface area contributed by atoms with Gasteiger partial charge in [-0.2, -0.15) is 0 Å². The van der Waals surface area contributed by atoms with E-state index >= 15 is 0 Å². The van der Waals surface area contributed by atoms with Crippen LogP contribution in [0.4, 0.5) is 4.39 Å². The first kappa shape index (κ1) is 22.3. The molecule has 1 aliphatic heterocycles. The average molecular weight is 393 g/mol. The number of nitrogens with two attached hydrogens (primary N) is 1. The average Bonchev–Trinajstić information content (AvgIpc) is 2.66. The minimum absolute atomic E-state index is 0.0831. The summed E-state index contributed by atoms with van der Waals surface area (Å²) < 4.78 is 13.2. The van der Waals surface area contributed by atoms with Crippen molar-refractivity contribution in [3.8, 4) is 0 Å². The van der Waals surface area contributed by atoms with E-state index in [-0.39, 0.29) is 23.7 Å². The molecule has 1 heterocycles. The van der Waals surface area contributed by atoms with Crippen molar-refractivity contribution in [1.82, 2.24) is 15.1 Å². The molecule has 28 heavy (non-hydrogen) atoms. The van der Waals surface area contributed by atoms with E-state index < -0.39 is 6.04 Å². The topological polar surface area (TPSA) is 78.7 Å². The SMILES string of the molecule is CC(=O)N1CCC(N(Cc2ccc(F)cc2)CC(C)C)C[C@@H]1C(=O)NCCN. The van der Waals surface area contributed by atoms with Crippen molar-refractivity contribution in [3.05, 3.63) is 35.6 Å². The summed E-state index contributed by atoms with van der Waals surface area (Å²) in [5.41, 5.74) is 6.54. The standard InChI is InChI=1S/C21H33FN4O2/c1-15(2)13-25(14-17-4-6-18(22)7-5-17)19-8-11-26(16(3)27)20(12-19)21(28)24-10-9-23/h4-7,15,19-20H,8-14,23H2,1-3H3,(H,24,28)/t19?,20-/m1/s1. The van der Waals surface area contributed by atoms with Gasteiger partial charge in [0.25, 0.3) is 0 Å². The number of carbonyl (C=O) groups is 2. The number of likely N-dealkylation sites (tertiary alicyclic amines) is 1. The maximum Gasteiger partial charge on any atom is 0.242 e. The quantitative estimate of drug-likeness (QED) is 0.706. The molecule has 0 aromatic heterocycles. The van der Waals surface area contributed by atoms with Gasteiger partial charge in [-0.15, -0.1) is 0 Å². The monoisotopic (exact) mass is 392 g/mol. The Morgan fingerprint density at radius 2 is 2.00 bits per heavy atom. The second-order valence-corrected chi connectivity index (χ2v) is 7.94. The van der Waals surface area contributed by atoms with Crippen LogP contribution < -0.4 is 11.1 Å². The molecule has 1 fully saturated rings. The van der Waals surface area contributed by atoms with Crippen LogP contribution in [0.25, 0.3) is 0 Å². The summed E-state index contributed by atoms with van der Waals surface area (Å²) in [6, 6.07) is 6.26. The fourth-order valence-electron chi connectivity index (χ4n) is 3.85. The fourth-order valence-corrected chi connectivity index (χ4v) is 3.85. The first-order valence-corrected chi connectivity index (χ1v) is 10.0. The molecule has 2 atom stereocenters. The third kappa shape index (κ3) is 6.27. The number of benzene rings is 1. The Morgan fingerprint density at radius 1 is 1.32 bits per heavy atom. The first-order chi connectivity index (χ1) is 13.3. The van der Waals surface area contributed by atoms with Gasteiger partial charge >= 0.3 is 0 Å². The number of carbonyl (C=O) groups excluding carboxylic acids is 2. The Hall–Kier alpha value is -1.99. The van der Waals surface area contributed by atoms with Crippen molar-refractivity contribution >= 4 is 11.8 Å². The van der Waals surface area contributed by atoms with E-state index in [4.69, 9.17) is 5.73 Å². The molecule has 0 spiro atoms. The van der Waals surface area contributed by atoms with Crippen LogP contribution in [0.15, 0.2) is 24.3 Å². The van der Waals surface area contributed by atoms with Gasteiger partial charge in [-0.1, -0.05) is 26.0 Å². The summed E-state index contributed by atoms with van der Waals surface area (Å²) in [5, 5.41) is 2.83. The molecule has 6 nitrogen and oxygen atoms in total. The zero-order valence-corrected chi connectivity index (χ0v) is 17.2. The highest BCUT2D eigenvalue weighted by molar-refractivity contribution is 5.87. The predicted molar refractivity (Wildman–Crippen MR) is 108 cm³/mol. The smallest absolute Gasteiger partial charge is 0.242 e. The van der Waals surface area contributed by atoms with Gasteiger partial charge in [-0.3, -0.25) is 14.5 Å². The predicted octanol–water partition coefficient (Wildman–Crippen LogP) is 1.74. The van der Waals surface area contributed by atoms with Gasteiger partial charge in [0.15, 0.2) is 0 Å². The zero-order chi connectivity index (χ0) is 20.7. The minimum Gasteiger partial charge on any atom is -0.353 e. The molecular weight excluding hydrogens is 359 g/mol. The van der Waals surface area contributed by atoms with Gasteiger partial charge < -0.3 is 16.0 Å². The van der Waals surface area contributed by atoms with Crippen LogP contribution in [0, 0.1) is 11.7 Å². The Kier molecular flexibility index (Phi) is 8.38. The highest BCUT2D eigenvalue weighted by atomic mass is 19.1. The van der Waals surface area contributed by atoms with Crippen molar-refractivity contribution < 1.29 is 14.0 Å². The summed E-state index contributed by atoms with van der Waals surface area (Å²) in [4.78, 5) is 28.7. The molecule has 156 valence electrons. The molecule has 3 N–H and O–H groups in total. The summed E-state index contributed by atoms with van der Waals surface area (Å²) in [6.07, 6.45) is 1.40. The number of hydrogen-bond acceptors (Lipinski definition) is 4. The number of amides is 2. The Labute approximate surface area is 167 Å². The molecule has 1 aliphatic rings. The van der Waals surface area contributed by atoms with Crippen molar-refractivity contribution in [2.75, 3.05) is 26.2 Å². The van der Waals surface area contributed by atoms with Crippen LogP contribution in [0.2, 0.25) is 0 Å².